The lowest BCUT2D eigenvalue weighted by molar-refractivity contribution is 0.957. The third-order valence-corrected chi connectivity index (χ3v) is 1.78. The summed E-state index contributed by atoms with van der Waals surface area (Å²) in [4.78, 5) is 3.87. The molecule has 0 aromatic rings. The summed E-state index contributed by atoms with van der Waals surface area (Å²) in [6.07, 6.45) is 15.9. The second-order valence-corrected chi connectivity index (χ2v) is 3.21. The van der Waals surface area contributed by atoms with Gasteiger partial charge in [0, 0.05) is 13.3 Å². The molecule has 0 bridgehead atoms. The molecule has 0 saturated heterocycles. The molecule has 0 atom stereocenters. The van der Waals surface area contributed by atoms with Crippen LogP contribution in [0.4, 0.5) is 0 Å². The average molecular weight is 191 g/mol. The Morgan fingerprint density at radius 1 is 1.29 bits per heavy atom. The lowest BCUT2D eigenvalue weighted by Gasteiger charge is -1.90. The van der Waals surface area contributed by atoms with E-state index < -0.39 is 0 Å². The van der Waals surface area contributed by atoms with E-state index in [0.29, 0.717) is 0 Å². The van der Waals surface area contributed by atoms with Crippen LogP contribution in [0.15, 0.2) is 40.9 Å². The van der Waals surface area contributed by atoms with Crippen molar-refractivity contribution >= 4 is 6.21 Å². The highest BCUT2D eigenvalue weighted by Gasteiger charge is 1.79. The van der Waals surface area contributed by atoms with Crippen molar-refractivity contribution in [2.75, 3.05) is 7.05 Å². The zero-order valence-electron chi connectivity index (χ0n) is 9.53. The molecule has 0 spiro atoms. The van der Waals surface area contributed by atoms with Gasteiger partial charge in [0.25, 0.3) is 0 Å². The molecule has 0 N–H and O–H groups in total. The van der Waals surface area contributed by atoms with Crippen molar-refractivity contribution in [1.82, 2.24) is 0 Å². The molecule has 0 unspecified atom stereocenters. The Bertz CT molecular complexity index is 232. The van der Waals surface area contributed by atoms with Gasteiger partial charge in [0.1, 0.15) is 0 Å². The molecule has 0 fully saturated rings. The number of allylic oxidation sites excluding steroid dienone is 6. The third-order valence-electron chi connectivity index (χ3n) is 1.78. The van der Waals surface area contributed by atoms with E-state index in [1.165, 1.54) is 18.4 Å². The first-order valence-electron chi connectivity index (χ1n) is 5.21. The van der Waals surface area contributed by atoms with Gasteiger partial charge in [-0.3, -0.25) is 4.99 Å². The maximum atomic E-state index is 3.87. The molecule has 0 aromatic heterocycles. The number of aliphatic imine (C=N–C) groups is 1. The van der Waals surface area contributed by atoms with Gasteiger partial charge < -0.3 is 0 Å². The molecule has 0 rings (SSSR count). The Morgan fingerprint density at radius 3 is 2.71 bits per heavy atom. The topological polar surface area (TPSA) is 12.4 Å². The van der Waals surface area contributed by atoms with Crippen molar-refractivity contribution in [2.24, 2.45) is 4.99 Å². The highest BCUT2D eigenvalue weighted by atomic mass is 14.6. The first kappa shape index (κ1) is 12.9. The van der Waals surface area contributed by atoms with Crippen LogP contribution in [0.1, 0.15) is 33.1 Å². The van der Waals surface area contributed by atoms with E-state index in [1.54, 1.807) is 13.3 Å². The van der Waals surface area contributed by atoms with Gasteiger partial charge in [-0.15, -0.1) is 0 Å². The predicted molar refractivity (Wildman–Crippen MR) is 66.0 cm³/mol. The zero-order chi connectivity index (χ0) is 10.6. The van der Waals surface area contributed by atoms with Gasteiger partial charge in [-0.2, -0.15) is 0 Å². The lowest BCUT2D eigenvalue weighted by atomic mass is 10.2. The van der Waals surface area contributed by atoms with Gasteiger partial charge in [-0.1, -0.05) is 43.2 Å². The molecular formula is C13H21N. The SMILES string of the molecule is CCC/C=C/C(C)=C\C/C=C/C=N\C. The van der Waals surface area contributed by atoms with Crippen LogP contribution in [0.25, 0.3) is 0 Å². The minimum atomic E-state index is 0.980. The van der Waals surface area contributed by atoms with Crippen LogP contribution in [0.5, 0.6) is 0 Å². The van der Waals surface area contributed by atoms with Gasteiger partial charge in [0.2, 0.25) is 0 Å². The fourth-order valence-corrected chi connectivity index (χ4v) is 0.983. The lowest BCUT2D eigenvalue weighted by Crippen LogP contribution is -1.70. The number of rotatable bonds is 6. The zero-order valence-corrected chi connectivity index (χ0v) is 9.53. The summed E-state index contributed by atoms with van der Waals surface area (Å²) in [7, 11) is 1.78. The second kappa shape index (κ2) is 9.97. The van der Waals surface area contributed by atoms with Crippen LogP contribution in [-0.4, -0.2) is 13.3 Å². The summed E-state index contributed by atoms with van der Waals surface area (Å²) in [6, 6.07) is 0. The minimum Gasteiger partial charge on any atom is -0.297 e. The van der Waals surface area contributed by atoms with Crippen LogP contribution < -0.4 is 0 Å². The third kappa shape index (κ3) is 8.98. The first-order valence-corrected chi connectivity index (χ1v) is 5.21. The van der Waals surface area contributed by atoms with Crippen LogP contribution in [0, 0.1) is 0 Å². The molecule has 0 radical (unpaired) electrons. The van der Waals surface area contributed by atoms with Gasteiger partial charge >= 0.3 is 0 Å². The smallest absolute Gasteiger partial charge is 0.0277 e. The molecule has 0 aliphatic carbocycles. The number of unbranched alkanes of at least 4 members (excludes halogenated alkanes) is 1. The van der Waals surface area contributed by atoms with E-state index >= 15 is 0 Å². The van der Waals surface area contributed by atoms with E-state index in [0.717, 1.165) is 6.42 Å². The second-order valence-electron chi connectivity index (χ2n) is 3.21. The van der Waals surface area contributed by atoms with Gasteiger partial charge in [0.15, 0.2) is 0 Å². The Hall–Kier alpha value is -1.11. The van der Waals surface area contributed by atoms with Gasteiger partial charge in [-0.25, -0.2) is 0 Å². The summed E-state index contributed by atoms with van der Waals surface area (Å²) < 4.78 is 0. The minimum absolute atomic E-state index is 0.980. The molecule has 0 saturated carbocycles. The summed E-state index contributed by atoms with van der Waals surface area (Å²) in [5.74, 6) is 0. The summed E-state index contributed by atoms with van der Waals surface area (Å²) in [5.41, 5.74) is 1.33. The van der Waals surface area contributed by atoms with Gasteiger partial charge in [-0.05, 0) is 25.8 Å². The largest absolute Gasteiger partial charge is 0.297 e. The maximum Gasteiger partial charge on any atom is 0.0277 e. The van der Waals surface area contributed by atoms with Crippen molar-refractivity contribution in [3.8, 4) is 0 Å². The Labute approximate surface area is 87.9 Å². The van der Waals surface area contributed by atoms with Crippen molar-refractivity contribution in [2.45, 2.75) is 33.1 Å². The first-order chi connectivity index (χ1) is 6.81. The highest BCUT2D eigenvalue weighted by Crippen LogP contribution is 2.00. The molecule has 1 nitrogen and oxygen atoms in total. The average Bonchev–Trinajstić information content (AvgIpc) is 2.18. The number of hydrogen-bond donors (Lipinski definition) is 0. The highest BCUT2D eigenvalue weighted by molar-refractivity contribution is 5.70. The molecule has 78 valence electrons. The molecule has 14 heavy (non-hydrogen) atoms. The van der Waals surface area contributed by atoms with Crippen molar-refractivity contribution in [3.63, 3.8) is 0 Å². The summed E-state index contributed by atoms with van der Waals surface area (Å²) in [5, 5.41) is 0. The number of nitrogens with zero attached hydrogens (tertiary/aromatic N) is 1. The van der Waals surface area contributed by atoms with Crippen molar-refractivity contribution in [1.29, 1.82) is 0 Å². The standard InChI is InChI=1S/C13H21N/c1-4-5-7-10-13(2)11-8-6-9-12-14-3/h6-7,9-12H,4-5,8H2,1-3H3/b9-6+,10-7+,13-11-,14-12-. The molecule has 0 aliphatic rings. The molecule has 0 aromatic carbocycles. The van der Waals surface area contributed by atoms with Crippen LogP contribution in [0.3, 0.4) is 0 Å². The van der Waals surface area contributed by atoms with E-state index in [-0.39, 0.29) is 0 Å². The summed E-state index contributed by atoms with van der Waals surface area (Å²) >= 11 is 0. The van der Waals surface area contributed by atoms with E-state index in [4.69, 9.17) is 0 Å². The molecular weight excluding hydrogens is 170 g/mol. The Morgan fingerprint density at radius 2 is 2.07 bits per heavy atom. The fraction of sp³-hybridized carbons (Fsp3) is 0.462. The predicted octanol–water partition coefficient (Wildman–Crippen LogP) is 3.94. The van der Waals surface area contributed by atoms with Crippen molar-refractivity contribution < 1.29 is 0 Å². The normalized spacial score (nSPS) is 13.8. The Balaban J connectivity index is 3.76. The molecule has 0 heterocycles. The monoisotopic (exact) mass is 191 g/mol. The molecule has 1 heteroatoms. The molecule has 0 aliphatic heterocycles. The van der Waals surface area contributed by atoms with E-state index in [2.05, 4.69) is 43.1 Å². The maximum absolute atomic E-state index is 3.87. The van der Waals surface area contributed by atoms with Crippen LogP contribution in [-0.2, 0) is 0 Å². The van der Waals surface area contributed by atoms with Crippen molar-refractivity contribution in [3.05, 3.63) is 36.0 Å². The Kier molecular flexibility index (Phi) is 9.18. The van der Waals surface area contributed by atoms with Crippen LogP contribution in [0.2, 0.25) is 0 Å². The van der Waals surface area contributed by atoms with Crippen LogP contribution >= 0.6 is 0 Å². The van der Waals surface area contributed by atoms with E-state index in [1.807, 2.05) is 6.08 Å². The fourth-order valence-electron chi connectivity index (χ4n) is 0.983. The quantitative estimate of drug-likeness (QED) is 0.445. The summed E-state index contributed by atoms with van der Waals surface area (Å²) in [6.45, 7) is 4.32. The van der Waals surface area contributed by atoms with E-state index in [9.17, 15) is 0 Å². The number of hydrogen-bond acceptors (Lipinski definition) is 1. The van der Waals surface area contributed by atoms with Gasteiger partial charge in [0.05, 0.1) is 0 Å². The molecule has 0 amide bonds.